The van der Waals surface area contributed by atoms with Crippen LogP contribution in [-0.2, 0) is 20.7 Å². The van der Waals surface area contributed by atoms with E-state index in [9.17, 15) is 14.4 Å². The molecule has 0 aliphatic heterocycles. The fourth-order valence-electron chi connectivity index (χ4n) is 5.26. The summed E-state index contributed by atoms with van der Waals surface area (Å²) in [6.45, 7) is 13.9. The number of hydrogen-bond acceptors (Lipinski definition) is 4. The molecule has 3 aromatic carbocycles. The molecule has 3 unspecified atom stereocenters. The van der Waals surface area contributed by atoms with Gasteiger partial charge in [0, 0.05) is 12.2 Å². The number of nitrogens with one attached hydrogen (secondary N) is 2. The lowest BCUT2D eigenvalue weighted by atomic mass is 9.95. The van der Waals surface area contributed by atoms with Crippen LogP contribution in [-0.4, -0.2) is 41.0 Å². The van der Waals surface area contributed by atoms with Crippen molar-refractivity contribution in [1.29, 1.82) is 0 Å². The Bertz CT molecular complexity index is 1380. The first-order chi connectivity index (χ1) is 21.0. The molecule has 3 amide bonds. The number of alkyl carbamates (subject to hydrolysis) is 1. The molecule has 0 aliphatic rings. The van der Waals surface area contributed by atoms with E-state index in [1.807, 2.05) is 80.6 Å². The fraction of sp³-hybridized carbons (Fsp3) is 0.486. The number of anilines is 1. The maximum atomic E-state index is 14.6. The number of carbonyl (C=O) groups excluding carboxylic acids is 3. The van der Waals surface area contributed by atoms with Gasteiger partial charge in [0.05, 0.1) is 0 Å². The number of benzene rings is 3. The SMILES string of the molecule is CCCCCCN(C(=O)C(NC(=O)OC(C)(C)C)C(C)CC)C(C(=O)Nc1ccc2ccccc2c1)c1ccc(CC)cc1. The first kappa shape index (κ1) is 34.6. The maximum Gasteiger partial charge on any atom is 0.408 e. The molecule has 0 heterocycles. The predicted octanol–water partition coefficient (Wildman–Crippen LogP) is 8.43. The molecule has 0 saturated heterocycles. The second-order valence-corrected chi connectivity index (χ2v) is 12.7. The van der Waals surface area contributed by atoms with Gasteiger partial charge in [-0.15, -0.1) is 0 Å². The Morgan fingerprint density at radius 1 is 0.864 bits per heavy atom. The van der Waals surface area contributed by atoms with Crippen molar-refractivity contribution >= 4 is 34.4 Å². The number of carbonyl (C=O) groups is 3. The Hall–Kier alpha value is -3.87. The molecule has 44 heavy (non-hydrogen) atoms. The highest BCUT2D eigenvalue weighted by molar-refractivity contribution is 6.00. The van der Waals surface area contributed by atoms with Crippen molar-refractivity contribution < 1.29 is 19.1 Å². The Morgan fingerprint density at radius 2 is 1.55 bits per heavy atom. The molecule has 0 bridgehead atoms. The number of hydrogen-bond donors (Lipinski definition) is 2. The third kappa shape index (κ3) is 9.83. The summed E-state index contributed by atoms with van der Waals surface area (Å²) >= 11 is 0. The van der Waals surface area contributed by atoms with Crippen LogP contribution in [0.25, 0.3) is 10.8 Å². The second kappa shape index (κ2) is 16.3. The smallest absolute Gasteiger partial charge is 0.408 e. The van der Waals surface area contributed by atoms with Crippen molar-refractivity contribution in [3.05, 3.63) is 77.9 Å². The standard InChI is InChI=1S/C37H51N3O4/c1-8-11-12-15-24-40(35(42)32(26(4)9-2)39-36(43)44-37(5,6)7)33(29-20-18-27(10-3)19-21-29)34(41)38-31-23-22-28-16-13-14-17-30(28)25-31/h13-14,16-23,25-26,32-33H,8-12,15,24H2,1-7H3,(H,38,41)(H,39,43). The van der Waals surface area contributed by atoms with Crippen LogP contribution in [0.4, 0.5) is 10.5 Å². The van der Waals surface area contributed by atoms with Crippen LogP contribution < -0.4 is 10.6 Å². The van der Waals surface area contributed by atoms with Crippen LogP contribution in [0.1, 0.15) is 97.7 Å². The summed E-state index contributed by atoms with van der Waals surface area (Å²) in [5.41, 5.74) is 1.82. The molecule has 0 saturated carbocycles. The van der Waals surface area contributed by atoms with Crippen LogP contribution in [0.5, 0.6) is 0 Å². The summed E-state index contributed by atoms with van der Waals surface area (Å²) in [4.78, 5) is 43.4. The summed E-state index contributed by atoms with van der Waals surface area (Å²) in [6.07, 6.45) is 4.64. The monoisotopic (exact) mass is 601 g/mol. The second-order valence-electron chi connectivity index (χ2n) is 12.7. The van der Waals surface area contributed by atoms with Gasteiger partial charge in [-0.2, -0.15) is 0 Å². The molecule has 3 aromatic rings. The Balaban J connectivity index is 2.05. The minimum absolute atomic E-state index is 0.181. The summed E-state index contributed by atoms with van der Waals surface area (Å²) < 4.78 is 5.54. The number of ether oxygens (including phenoxy) is 1. The van der Waals surface area contributed by atoms with Gasteiger partial charge in [-0.25, -0.2) is 4.79 Å². The number of unbranched alkanes of at least 4 members (excludes halogenated alkanes) is 3. The Morgan fingerprint density at radius 3 is 2.16 bits per heavy atom. The van der Waals surface area contributed by atoms with Crippen LogP contribution in [0, 0.1) is 5.92 Å². The van der Waals surface area contributed by atoms with Gasteiger partial charge in [0.15, 0.2) is 0 Å². The molecule has 238 valence electrons. The molecule has 3 atom stereocenters. The van der Waals surface area contributed by atoms with Crippen LogP contribution in [0.15, 0.2) is 66.7 Å². The first-order valence-corrected chi connectivity index (χ1v) is 16.2. The zero-order chi connectivity index (χ0) is 32.3. The van der Waals surface area contributed by atoms with Crippen molar-refractivity contribution in [2.24, 2.45) is 5.92 Å². The van der Waals surface area contributed by atoms with E-state index >= 15 is 0 Å². The molecular weight excluding hydrogens is 550 g/mol. The lowest BCUT2D eigenvalue weighted by Crippen LogP contribution is -2.55. The highest BCUT2D eigenvalue weighted by Crippen LogP contribution is 2.28. The predicted molar refractivity (Wildman–Crippen MR) is 180 cm³/mol. The zero-order valence-corrected chi connectivity index (χ0v) is 27.6. The summed E-state index contributed by atoms with van der Waals surface area (Å²) in [7, 11) is 0. The lowest BCUT2D eigenvalue weighted by molar-refractivity contribution is -0.142. The number of nitrogens with zero attached hydrogens (tertiary/aromatic N) is 1. The normalized spacial score (nSPS) is 13.5. The number of aryl methyl sites for hydroxylation is 1. The molecule has 0 radical (unpaired) electrons. The minimum atomic E-state index is -0.895. The van der Waals surface area contributed by atoms with E-state index in [-0.39, 0.29) is 17.7 Å². The fourth-order valence-corrected chi connectivity index (χ4v) is 5.26. The number of rotatable bonds is 14. The molecule has 3 rings (SSSR count). The van der Waals surface area contributed by atoms with Crippen molar-refractivity contribution in [3.8, 4) is 0 Å². The molecule has 0 fully saturated rings. The Kier molecular flexibility index (Phi) is 12.8. The van der Waals surface area contributed by atoms with Gasteiger partial charge in [-0.05, 0) is 73.6 Å². The van der Waals surface area contributed by atoms with E-state index in [1.165, 1.54) is 0 Å². The lowest BCUT2D eigenvalue weighted by Gasteiger charge is -2.36. The van der Waals surface area contributed by atoms with E-state index in [4.69, 9.17) is 4.74 Å². The van der Waals surface area contributed by atoms with E-state index < -0.39 is 23.8 Å². The van der Waals surface area contributed by atoms with Gasteiger partial charge >= 0.3 is 6.09 Å². The molecule has 2 N–H and O–H groups in total. The summed E-state index contributed by atoms with van der Waals surface area (Å²) in [5.74, 6) is -0.770. The number of fused-ring (bicyclic) bond motifs is 1. The molecule has 7 heteroatoms. The highest BCUT2D eigenvalue weighted by atomic mass is 16.6. The molecule has 7 nitrogen and oxygen atoms in total. The van der Waals surface area contributed by atoms with Gasteiger partial charge in [0.25, 0.3) is 5.91 Å². The van der Waals surface area contributed by atoms with Crippen LogP contribution in [0.3, 0.4) is 0 Å². The van der Waals surface area contributed by atoms with Gasteiger partial charge in [0.1, 0.15) is 17.7 Å². The van der Waals surface area contributed by atoms with E-state index in [0.717, 1.165) is 54.0 Å². The highest BCUT2D eigenvalue weighted by Gasteiger charge is 2.38. The maximum absolute atomic E-state index is 14.6. The minimum Gasteiger partial charge on any atom is -0.444 e. The molecule has 0 aliphatic carbocycles. The third-order valence-corrected chi connectivity index (χ3v) is 7.97. The van der Waals surface area contributed by atoms with Crippen LogP contribution >= 0.6 is 0 Å². The van der Waals surface area contributed by atoms with E-state index in [2.05, 4.69) is 24.5 Å². The molecular formula is C37H51N3O4. The zero-order valence-electron chi connectivity index (χ0n) is 27.6. The van der Waals surface area contributed by atoms with E-state index in [0.29, 0.717) is 18.7 Å². The summed E-state index contributed by atoms with van der Waals surface area (Å²) in [5, 5.41) is 8.05. The van der Waals surface area contributed by atoms with Crippen molar-refractivity contribution in [2.75, 3.05) is 11.9 Å². The average molecular weight is 602 g/mol. The summed E-state index contributed by atoms with van der Waals surface area (Å²) in [6, 6.07) is 20.0. The van der Waals surface area contributed by atoms with Gasteiger partial charge in [-0.3, -0.25) is 9.59 Å². The molecule has 0 spiro atoms. The van der Waals surface area contributed by atoms with E-state index in [1.54, 1.807) is 25.7 Å². The molecule has 0 aromatic heterocycles. The number of amides is 3. The third-order valence-electron chi connectivity index (χ3n) is 7.97. The van der Waals surface area contributed by atoms with Gasteiger partial charge in [-0.1, -0.05) is 108 Å². The van der Waals surface area contributed by atoms with Gasteiger partial charge < -0.3 is 20.3 Å². The van der Waals surface area contributed by atoms with Gasteiger partial charge in [0.2, 0.25) is 5.91 Å². The largest absolute Gasteiger partial charge is 0.444 e. The van der Waals surface area contributed by atoms with Crippen molar-refractivity contribution in [1.82, 2.24) is 10.2 Å². The first-order valence-electron chi connectivity index (χ1n) is 16.2. The van der Waals surface area contributed by atoms with Crippen LogP contribution in [0.2, 0.25) is 0 Å². The average Bonchev–Trinajstić information content (AvgIpc) is 2.99. The Labute approximate surface area is 263 Å². The van der Waals surface area contributed by atoms with Crippen molar-refractivity contribution in [3.63, 3.8) is 0 Å². The topological polar surface area (TPSA) is 87.7 Å². The van der Waals surface area contributed by atoms with Crippen molar-refractivity contribution in [2.45, 2.75) is 105 Å². The quantitative estimate of drug-likeness (QED) is 0.182.